The Balaban J connectivity index is 3.09. The first kappa shape index (κ1) is 16.5. The molecule has 0 aliphatic rings. The number of nitro groups is 1. The highest BCUT2D eigenvalue weighted by Gasteiger charge is 2.25. The lowest BCUT2D eigenvalue weighted by atomic mass is 10.3. The van der Waals surface area contributed by atoms with Gasteiger partial charge in [-0.2, -0.15) is 0 Å². The van der Waals surface area contributed by atoms with Crippen LogP contribution in [-0.4, -0.2) is 42.3 Å². The number of carboxylic acids is 1. The number of nitro benzene ring substituents is 1. The first-order chi connectivity index (χ1) is 9.16. The number of nitrogens with zero attached hydrogens (tertiary/aromatic N) is 2. The Morgan fingerprint density at radius 2 is 2.10 bits per heavy atom. The van der Waals surface area contributed by atoms with E-state index in [0.717, 1.165) is 22.5 Å². The van der Waals surface area contributed by atoms with Crippen molar-refractivity contribution >= 4 is 37.6 Å². The topological polar surface area (TPSA) is 118 Å². The van der Waals surface area contributed by atoms with E-state index < -0.39 is 20.9 Å². The van der Waals surface area contributed by atoms with E-state index in [9.17, 15) is 23.3 Å². The molecule has 0 bridgehead atoms. The Morgan fingerprint density at radius 3 is 2.55 bits per heavy atom. The fraction of sp³-hybridized carbons (Fsp3) is 0.300. The number of benzene rings is 1. The lowest BCUT2D eigenvalue weighted by molar-refractivity contribution is -0.385. The molecule has 1 aromatic carbocycles. The lowest BCUT2D eigenvalue weighted by Crippen LogP contribution is -2.29. The smallest absolute Gasteiger partial charge is 0.304 e. The first-order valence-electron chi connectivity index (χ1n) is 5.28. The van der Waals surface area contributed by atoms with Crippen LogP contribution in [0.1, 0.15) is 6.42 Å². The molecule has 0 spiro atoms. The number of halogens is 1. The molecule has 110 valence electrons. The Labute approximate surface area is 123 Å². The van der Waals surface area contributed by atoms with Crippen molar-refractivity contribution in [1.82, 2.24) is 4.31 Å². The van der Waals surface area contributed by atoms with Gasteiger partial charge in [-0.3, -0.25) is 14.9 Å². The minimum atomic E-state index is -3.91. The second-order valence-corrected chi connectivity index (χ2v) is 6.71. The molecule has 1 aromatic rings. The summed E-state index contributed by atoms with van der Waals surface area (Å²) in [7, 11) is -2.67. The van der Waals surface area contributed by atoms with E-state index in [4.69, 9.17) is 5.11 Å². The number of hydrogen-bond donors (Lipinski definition) is 1. The maximum Gasteiger partial charge on any atom is 0.304 e. The van der Waals surface area contributed by atoms with Gasteiger partial charge in [0.1, 0.15) is 0 Å². The molecule has 0 aromatic heterocycles. The van der Waals surface area contributed by atoms with Crippen molar-refractivity contribution in [3.8, 4) is 0 Å². The summed E-state index contributed by atoms with van der Waals surface area (Å²) in [5.41, 5.74) is -0.246. The summed E-state index contributed by atoms with van der Waals surface area (Å²) in [6.45, 7) is -0.193. The molecule has 0 saturated heterocycles. The van der Waals surface area contributed by atoms with Crippen molar-refractivity contribution in [1.29, 1.82) is 0 Å². The van der Waals surface area contributed by atoms with Crippen molar-refractivity contribution in [2.24, 2.45) is 0 Å². The van der Waals surface area contributed by atoms with Gasteiger partial charge in [0, 0.05) is 30.2 Å². The Bertz CT molecular complexity index is 645. The molecule has 0 fully saturated rings. The average Bonchev–Trinajstić information content (AvgIpc) is 2.35. The van der Waals surface area contributed by atoms with E-state index in [2.05, 4.69) is 15.9 Å². The van der Waals surface area contributed by atoms with Crippen LogP contribution in [0.5, 0.6) is 0 Å². The molecular weight excluding hydrogens is 356 g/mol. The number of sulfonamides is 1. The van der Waals surface area contributed by atoms with Gasteiger partial charge in [0.05, 0.1) is 16.2 Å². The molecule has 0 radical (unpaired) electrons. The second-order valence-electron chi connectivity index (χ2n) is 3.84. The quantitative estimate of drug-likeness (QED) is 0.601. The van der Waals surface area contributed by atoms with Gasteiger partial charge in [-0.15, -0.1) is 0 Å². The third kappa shape index (κ3) is 3.74. The van der Waals surface area contributed by atoms with Crippen LogP contribution in [0.3, 0.4) is 0 Å². The zero-order valence-corrected chi connectivity index (χ0v) is 12.7. The summed E-state index contributed by atoms with van der Waals surface area (Å²) < 4.78 is 25.3. The van der Waals surface area contributed by atoms with Crippen LogP contribution in [0.25, 0.3) is 0 Å². The molecule has 10 heteroatoms. The fourth-order valence-electron chi connectivity index (χ4n) is 1.35. The Morgan fingerprint density at radius 1 is 1.50 bits per heavy atom. The lowest BCUT2D eigenvalue weighted by Gasteiger charge is -2.16. The SMILES string of the molecule is CN(CCC(=O)O)S(=O)(=O)c1ccc([N+](=O)[O-])cc1Br. The minimum absolute atomic E-state index is 0.0499. The highest BCUT2D eigenvalue weighted by atomic mass is 79.9. The van der Waals surface area contributed by atoms with Gasteiger partial charge in [0.15, 0.2) is 0 Å². The Kier molecular flexibility index (Phi) is 5.20. The van der Waals surface area contributed by atoms with E-state index in [-0.39, 0.29) is 28.0 Å². The van der Waals surface area contributed by atoms with Crippen LogP contribution in [-0.2, 0) is 14.8 Å². The minimum Gasteiger partial charge on any atom is -0.481 e. The van der Waals surface area contributed by atoms with Gasteiger partial charge in [0.2, 0.25) is 10.0 Å². The molecule has 0 heterocycles. The molecule has 0 unspecified atom stereocenters. The van der Waals surface area contributed by atoms with Crippen LogP contribution in [0.15, 0.2) is 27.6 Å². The predicted molar refractivity (Wildman–Crippen MR) is 72.9 cm³/mol. The molecule has 1 N–H and O–H groups in total. The monoisotopic (exact) mass is 366 g/mol. The molecule has 0 amide bonds. The molecular formula is C10H11BrN2O6S. The van der Waals surface area contributed by atoms with Crippen LogP contribution >= 0.6 is 15.9 Å². The third-order valence-electron chi connectivity index (χ3n) is 2.46. The summed E-state index contributed by atoms with van der Waals surface area (Å²) in [5.74, 6) is -1.12. The number of hydrogen-bond acceptors (Lipinski definition) is 5. The zero-order valence-electron chi connectivity index (χ0n) is 10.3. The number of carbonyl (C=O) groups is 1. The van der Waals surface area contributed by atoms with E-state index in [1.165, 1.54) is 7.05 Å². The van der Waals surface area contributed by atoms with Gasteiger partial charge >= 0.3 is 5.97 Å². The molecule has 0 aliphatic carbocycles. The van der Waals surface area contributed by atoms with Crippen molar-refractivity contribution in [2.75, 3.05) is 13.6 Å². The van der Waals surface area contributed by atoms with Gasteiger partial charge < -0.3 is 5.11 Å². The molecule has 0 aliphatic heterocycles. The van der Waals surface area contributed by atoms with E-state index in [0.29, 0.717) is 0 Å². The molecule has 0 atom stereocenters. The predicted octanol–water partition coefficient (Wildman–Crippen LogP) is 1.45. The van der Waals surface area contributed by atoms with Crippen LogP contribution in [0.2, 0.25) is 0 Å². The Hall–Kier alpha value is -1.52. The molecule has 20 heavy (non-hydrogen) atoms. The number of non-ortho nitro benzene ring substituents is 1. The van der Waals surface area contributed by atoms with Crippen LogP contribution in [0.4, 0.5) is 5.69 Å². The zero-order chi connectivity index (χ0) is 15.5. The highest BCUT2D eigenvalue weighted by Crippen LogP contribution is 2.28. The second kappa shape index (κ2) is 6.29. The standard InChI is InChI=1S/C10H11BrN2O6S/c1-12(5-4-10(14)15)20(18,19)9-3-2-7(13(16)17)6-8(9)11/h2-3,6H,4-5H2,1H3,(H,14,15). The van der Waals surface area contributed by atoms with E-state index >= 15 is 0 Å². The van der Waals surface area contributed by atoms with Crippen molar-refractivity contribution in [2.45, 2.75) is 11.3 Å². The largest absolute Gasteiger partial charge is 0.481 e. The average molecular weight is 367 g/mol. The molecule has 0 saturated carbocycles. The summed E-state index contributed by atoms with van der Waals surface area (Å²) in [6, 6.07) is 3.26. The summed E-state index contributed by atoms with van der Waals surface area (Å²) >= 11 is 2.97. The van der Waals surface area contributed by atoms with Crippen LogP contribution in [0, 0.1) is 10.1 Å². The fourth-order valence-corrected chi connectivity index (χ4v) is 3.55. The highest BCUT2D eigenvalue weighted by molar-refractivity contribution is 9.10. The van der Waals surface area contributed by atoms with Gasteiger partial charge in [-0.1, -0.05) is 0 Å². The molecule has 8 nitrogen and oxygen atoms in total. The summed E-state index contributed by atoms with van der Waals surface area (Å²) in [6.07, 6.45) is -0.333. The normalized spacial score (nSPS) is 11.6. The number of aliphatic carboxylic acids is 1. The van der Waals surface area contributed by atoms with Gasteiger partial charge in [-0.05, 0) is 22.0 Å². The van der Waals surface area contributed by atoms with Gasteiger partial charge in [0.25, 0.3) is 5.69 Å². The summed E-state index contributed by atoms with van der Waals surface area (Å²) in [4.78, 5) is 20.2. The maximum atomic E-state index is 12.2. The van der Waals surface area contributed by atoms with Crippen molar-refractivity contribution < 1.29 is 23.2 Å². The van der Waals surface area contributed by atoms with E-state index in [1.807, 2.05) is 0 Å². The van der Waals surface area contributed by atoms with Crippen molar-refractivity contribution in [3.63, 3.8) is 0 Å². The van der Waals surface area contributed by atoms with Gasteiger partial charge in [-0.25, -0.2) is 12.7 Å². The third-order valence-corrected chi connectivity index (χ3v) is 5.29. The van der Waals surface area contributed by atoms with Crippen LogP contribution < -0.4 is 0 Å². The van der Waals surface area contributed by atoms with E-state index in [1.54, 1.807) is 0 Å². The number of rotatable bonds is 6. The van der Waals surface area contributed by atoms with Crippen molar-refractivity contribution in [3.05, 3.63) is 32.8 Å². The number of carboxylic acid groups (broad SMARTS) is 1. The molecule has 1 rings (SSSR count). The summed E-state index contributed by atoms with van der Waals surface area (Å²) in [5, 5.41) is 19.1. The maximum absolute atomic E-state index is 12.2. The first-order valence-corrected chi connectivity index (χ1v) is 7.51.